The Morgan fingerprint density at radius 2 is 1.56 bits per heavy atom. The molecule has 0 aliphatic carbocycles. The molecule has 0 saturated heterocycles. The van der Waals surface area contributed by atoms with Gasteiger partial charge in [-0.3, -0.25) is 4.79 Å². The molecule has 2 amide bonds. The lowest BCUT2D eigenvalue weighted by molar-refractivity contribution is -0.139. The number of carbonyl (C=O) groups excluding carboxylic acids is 2. The number of carboxylic acids is 1. The van der Waals surface area contributed by atoms with E-state index in [1.807, 2.05) is 0 Å². The summed E-state index contributed by atoms with van der Waals surface area (Å²) < 4.78 is 5.04. The van der Waals surface area contributed by atoms with Crippen LogP contribution in [0.3, 0.4) is 0 Å². The first-order chi connectivity index (χ1) is 12.0. The SMILES string of the molecule is COc1ccc(NC(=O)Nc2ccc(C(CC=O)C(=O)O)cc2)cc1. The van der Waals surface area contributed by atoms with Crippen molar-refractivity contribution in [3.05, 3.63) is 54.1 Å². The number of hydrogen-bond acceptors (Lipinski definition) is 4. The van der Waals surface area contributed by atoms with Crippen molar-refractivity contribution in [3.63, 3.8) is 0 Å². The molecule has 0 saturated carbocycles. The smallest absolute Gasteiger partial charge is 0.323 e. The summed E-state index contributed by atoms with van der Waals surface area (Å²) in [7, 11) is 1.56. The van der Waals surface area contributed by atoms with E-state index in [1.165, 1.54) is 0 Å². The first-order valence-electron chi connectivity index (χ1n) is 7.52. The number of nitrogens with one attached hydrogen (secondary N) is 2. The van der Waals surface area contributed by atoms with Crippen LogP contribution < -0.4 is 15.4 Å². The minimum atomic E-state index is -1.06. The number of aliphatic carboxylic acids is 1. The van der Waals surface area contributed by atoms with E-state index in [4.69, 9.17) is 9.84 Å². The number of amides is 2. The molecule has 7 heteroatoms. The van der Waals surface area contributed by atoms with E-state index < -0.39 is 17.9 Å². The molecule has 0 spiro atoms. The van der Waals surface area contributed by atoms with Gasteiger partial charge in [-0.25, -0.2) is 4.79 Å². The highest BCUT2D eigenvalue weighted by atomic mass is 16.5. The molecule has 0 bridgehead atoms. The van der Waals surface area contributed by atoms with Crippen LogP contribution in [0.4, 0.5) is 16.2 Å². The summed E-state index contributed by atoms with van der Waals surface area (Å²) in [5.41, 5.74) is 1.61. The van der Waals surface area contributed by atoms with Crippen molar-refractivity contribution < 1.29 is 24.2 Å². The molecule has 2 aromatic carbocycles. The van der Waals surface area contributed by atoms with Crippen molar-refractivity contribution >= 4 is 29.7 Å². The van der Waals surface area contributed by atoms with Gasteiger partial charge in [-0.05, 0) is 42.0 Å². The van der Waals surface area contributed by atoms with Gasteiger partial charge in [0.25, 0.3) is 0 Å². The van der Waals surface area contributed by atoms with E-state index in [2.05, 4.69) is 10.6 Å². The maximum atomic E-state index is 12.0. The minimum Gasteiger partial charge on any atom is -0.497 e. The minimum absolute atomic E-state index is 0.0972. The van der Waals surface area contributed by atoms with Gasteiger partial charge < -0.3 is 25.3 Å². The topological polar surface area (TPSA) is 105 Å². The van der Waals surface area contributed by atoms with Crippen molar-refractivity contribution in [1.82, 2.24) is 0 Å². The molecular weight excluding hydrogens is 324 g/mol. The number of carboxylic acid groups (broad SMARTS) is 1. The van der Waals surface area contributed by atoms with Crippen LogP contribution in [0, 0.1) is 0 Å². The van der Waals surface area contributed by atoms with E-state index in [0.29, 0.717) is 29.0 Å². The fourth-order valence-corrected chi connectivity index (χ4v) is 2.24. The second kappa shape index (κ2) is 8.49. The number of benzene rings is 2. The molecule has 0 aliphatic rings. The number of anilines is 2. The summed E-state index contributed by atoms with van der Waals surface area (Å²) in [5, 5.41) is 14.4. The standard InChI is InChI=1S/C18H18N2O5/c1-25-15-8-6-14(7-9-15)20-18(24)19-13-4-2-12(3-5-13)16(10-11-21)17(22)23/h2-9,11,16H,10H2,1H3,(H,22,23)(H2,19,20,24). The van der Waals surface area contributed by atoms with Crippen LogP contribution in [0.25, 0.3) is 0 Å². The molecule has 0 aromatic heterocycles. The van der Waals surface area contributed by atoms with Crippen LogP contribution in [-0.4, -0.2) is 30.5 Å². The fourth-order valence-electron chi connectivity index (χ4n) is 2.24. The Balaban J connectivity index is 1.98. The van der Waals surface area contributed by atoms with Gasteiger partial charge >= 0.3 is 12.0 Å². The van der Waals surface area contributed by atoms with Crippen molar-refractivity contribution in [1.29, 1.82) is 0 Å². The Kier molecular flexibility index (Phi) is 6.11. The average molecular weight is 342 g/mol. The third-order valence-electron chi connectivity index (χ3n) is 3.55. The Labute approximate surface area is 144 Å². The summed E-state index contributed by atoms with van der Waals surface area (Å²) in [5.74, 6) is -1.27. The molecule has 25 heavy (non-hydrogen) atoms. The highest BCUT2D eigenvalue weighted by Gasteiger charge is 2.19. The molecule has 7 nitrogen and oxygen atoms in total. The highest BCUT2D eigenvalue weighted by Crippen LogP contribution is 2.21. The summed E-state index contributed by atoms with van der Waals surface area (Å²) in [6.07, 6.45) is 0.479. The van der Waals surface area contributed by atoms with Crippen molar-refractivity contribution in [3.8, 4) is 5.75 Å². The molecule has 0 radical (unpaired) electrons. The molecule has 1 unspecified atom stereocenters. The van der Waals surface area contributed by atoms with Crippen LogP contribution in [-0.2, 0) is 9.59 Å². The van der Waals surface area contributed by atoms with Gasteiger partial charge in [0.1, 0.15) is 12.0 Å². The highest BCUT2D eigenvalue weighted by molar-refractivity contribution is 5.99. The van der Waals surface area contributed by atoms with Gasteiger partial charge in [0.05, 0.1) is 13.0 Å². The number of carbonyl (C=O) groups is 3. The van der Waals surface area contributed by atoms with Crippen LogP contribution in [0.2, 0.25) is 0 Å². The number of urea groups is 1. The summed E-state index contributed by atoms with van der Waals surface area (Å²) in [4.78, 5) is 33.7. The molecule has 0 heterocycles. The molecule has 1 atom stereocenters. The zero-order valence-corrected chi connectivity index (χ0v) is 13.6. The summed E-state index contributed by atoms with van der Waals surface area (Å²) in [6.45, 7) is 0. The largest absolute Gasteiger partial charge is 0.497 e. The molecule has 2 rings (SSSR count). The molecule has 0 aliphatic heterocycles. The van der Waals surface area contributed by atoms with Gasteiger partial charge in [0.2, 0.25) is 0 Å². The average Bonchev–Trinajstić information content (AvgIpc) is 2.61. The maximum absolute atomic E-state index is 12.0. The second-order valence-electron chi connectivity index (χ2n) is 5.22. The first-order valence-corrected chi connectivity index (χ1v) is 7.52. The maximum Gasteiger partial charge on any atom is 0.323 e. The van der Waals surface area contributed by atoms with Gasteiger partial charge in [-0.1, -0.05) is 12.1 Å². The molecular formula is C18H18N2O5. The van der Waals surface area contributed by atoms with Gasteiger partial charge in [0, 0.05) is 17.8 Å². The lowest BCUT2D eigenvalue weighted by atomic mass is 9.96. The summed E-state index contributed by atoms with van der Waals surface area (Å²) in [6, 6.07) is 12.8. The van der Waals surface area contributed by atoms with Crippen molar-refractivity contribution in [2.45, 2.75) is 12.3 Å². The molecule has 2 aromatic rings. The predicted molar refractivity (Wildman–Crippen MR) is 93.1 cm³/mol. The zero-order valence-electron chi connectivity index (χ0n) is 13.6. The van der Waals surface area contributed by atoms with Crippen LogP contribution in [0.1, 0.15) is 17.9 Å². The molecule has 130 valence electrons. The Hall–Kier alpha value is -3.35. The summed E-state index contributed by atoms with van der Waals surface area (Å²) >= 11 is 0. The molecule has 3 N–H and O–H groups in total. The zero-order chi connectivity index (χ0) is 18.2. The number of hydrogen-bond donors (Lipinski definition) is 3. The second-order valence-corrected chi connectivity index (χ2v) is 5.22. The third kappa shape index (κ3) is 5.07. The fraction of sp³-hybridized carbons (Fsp3) is 0.167. The van der Waals surface area contributed by atoms with Gasteiger partial charge in [0.15, 0.2) is 0 Å². The normalized spacial score (nSPS) is 11.2. The Morgan fingerprint density at radius 3 is 2.00 bits per heavy atom. The van der Waals surface area contributed by atoms with Crippen molar-refractivity contribution in [2.24, 2.45) is 0 Å². The quantitative estimate of drug-likeness (QED) is 0.671. The number of aldehydes is 1. The van der Waals surface area contributed by atoms with Crippen LogP contribution >= 0.6 is 0 Å². The Morgan fingerprint density at radius 1 is 1.04 bits per heavy atom. The van der Waals surface area contributed by atoms with Crippen LogP contribution in [0.5, 0.6) is 5.75 Å². The number of methoxy groups -OCH3 is 1. The predicted octanol–water partition coefficient (Wildman–Crippen LogP) is 3.10. The Bertz CT molecular complexity index is 741. The van der Waals surface area contributed by atoms with E-state index in [-0.39, 0.29) is 6.42 Å². The molecule has 0 fully saturated rings. The van der Waals surface area contributed by atoms with E-state index in [1.54, 1.807) is 55.6 Å². The van der Waals surface area contributed by atoms with E-state index >= 15 is 0 Å². The monoisotopic (exact) mass is 342 g/mol. The van der Waals surface area contributed by atoms with E-state index in [0.717, 1.165) is 0 Å². The lowest BCUT2D eigenvalue weighted by Crippen LogP contribution is -2.19. The van der Waals surface area contributed by atoms with Crippen molar-refractivity contribution in [2.75, 3.05) is 17.7 Å². The third-order valence-corrected chi connectivity index (χ3v) is 3.55. The number of rotatable bonds is 7. The lowest BCUT2D eigenvalue weighted by Gasteiger charge is -2.11. The van der Waals surface area contributed by atoms with Crippen LogP contribution in [0.15, 0.2) is 48.5 Å². The van der Waals surface area contributed by atoms with Gasteiger partial charge in [-0.2, -0.15) is 0 Å². The van der Waals surface area contributed by atoms with E-state index in [9.17, 15) is 14.4 Å². The first kappa shape index (κ1) is 18.0. The number of ether oxygens (including phenoxy) is 1. The van der Waals surface area contributed by atoms with Gasteiger partial charge in [-0.15, -0.1) is 0 Å².